The van der Waals surface area contributed by atoms with Gasteiger partial charge < -0.3 is 15.2 Å². The van der Waals surface area contributed by atoms with Gasteiger partial charge in [0.1, 0.15) is 6.61 Å². The minimum Gasteiger partial charge on any atom is -0.445 e. The van der Waals surface area contributed by atoms with Crippen molar-refractivity contribution in [1.29, 1.82) is 0 Å². The van der Waals surface area contributed by atoms with Gasteiger partial charge in [-0.15, -0.1) is 0 Å². The molecular weight excluding hydrogens is 338 g/mol. The molecule has 0 saturated carbocycles. The molecule has 1 amide bonds. The van der Waals surface area contributed by atoms with E-state index in [-0.39, 0.29) is 19.8 Å². The zero-order valence-corrected chi connectivity index (χ0v) is 15.0. The first-order chi connectivity index (χ1) is 13.2. The summed E-state index contributed by atoms with van der Waals surface area (Å²) in [5.74, 6) is 0. The molecule has 3 rings (SSSR count). The van der Waals surface area contributed by atoms with Crippen molar-refractivity contribution in [2.45, 2.75) is 12.0 Å². The first-order valence-electron chi connectivity index (χ1n) is 8.91. The molecule has 138 valence electrons. The van der Waals surface area contributed by atoms with Crippen LogP contribution in [0.3, 0.4) is 0 Å². The molecule has 3 aromatic carbocycles. The second-order valence-electron chi connectivity index (χ2n) is 6.39. The molecule has 27 heavy (non-hydrogen) atoms. The van der Waals surface area contributed by atoms with E-state index in [2.05, 4.69) is 5.32 Å². The van der Waals surface area contributed by atoms with Gasteiger partial charge in [0.25, 0.3) is 0 Å². The minimum absolute atomic E-state index is 0.139. The monoisotopic (exact) mass is 361 g/mol. The van der Waals surface area contributed by atoms with Crippen molar-refractivity contribution < 1.29 is 14.6 Å². The second-order valence-corrected chi connectivity index (χ2v) is 6.39. The zero-order chi connectivity index (χ0) is 19.0. The summed E-state index contributed by atoms with van der Waals surface area (Å²) in [4.78, 5) is 12.2. The fourth-order valence-electron chi connectivity index (χ4n) is 3.12. The number of ether oxygens (including phenoxy) is 1. The maximum atomic E-state index is 12.2. The molecule has 0 atom stereocenters. The molecule has 0 aliphatic rings. The van der Waals surface area contributed by atoms with E-state index in [4.69, 9.17) is 4.74 Å². The van der Waals surface area contributed by atoms with E-state index in [1.54, 1.807) is 0 Å². The van der Waals surface area contributed by atoms with Gasteiger partial charge in [-0.25, -0.2) is 4.79 Å². The van der Waals surface area contributed by atoms with Crippen LogP contribution in [0.1, 0.15) is 16.7 Å². The Labute approximate surface area is 159 Å². The van der Waals surface area contributed by atoms with Crippen LogP contribution in [-0.4, -0.2) is 24.4 Å². The van der Waals surface area contributed by atoms with Crippen molar-refractivity contribution in [3.8, 4) is 0 Å². The van der Waals surface area contributed by atoms with Crippen LogP contribution in [0.2, 0.25) is 0 Å². The molecule has 0 heterocycles. The Morgan fingerprint density at radius 1 is 0.815 bits per heavy atom. The van der Waals surface area contributed by atoms with Crippen molar-refractivity contribution in [2.24, 2.45) is 0 Å². The van der Waals surface area contributed by atoms with Crippen LogP contribution in [0.25, 0.3) is 0 Å². The van der Waals surface area contributed by atoms with Crippen LogP contribution in [-0.2, 0) is 16.8 Å². The predicted octanol–water partition coefficient (Wildman–Crippen LogP) is 3.89. The number of carbonyl (C=O) groups excluding carboxylic acids is 1. The van der Waals surface area contributed by atoms with Crippen molar-refractivity contribution in [2.75, 3.05) is 13.2 Å². The molecule has 0 bridgehead atoms. The molecule has 0 saturated heterocycles. The maximum Gasteiger partial charge on any atom is 0.407 e. The quantitative estimate of drug-likeness (QED) is 0.671. The molecule has 3 aromatic rings. The Hall–Kier alpha value is -3.11. The van der Waals surface area contributed by atoms with Crippen LogP contribution >= 0.6 is 0 Å². The van der Waals surface area contributed by atoms with Gasteiger partial charge in [-0.2, -0.15) is 0 Å². The first kappa shape index (κ1) is 18.7. The summed E-state index contributed by atoms with van der Waals surface area (Å²) in [6, 6.07) is 28.9. The summed E-state index contributed by atoms with van der Waals surface area (Å²) in [7, 11) is 0. The normalized spacial score (nSPS) is 11.0. The molecular formula is C23H23NO3. The highest BCUT2D eigenvalue weighted by Crippen LogP contribution is 2.31. The van der Waals surface area contributed by atoms with Crippen LogP contribution in [0.4, 0.5) is 4.79 Å². The lowest BCUT2D eigenvalue weighted by Crippen LogP contribution is -2.44. The number of benzene rings is 3. The molecule has 4 nitrogen and oxygen atoms in total. The summed E-state index contributed by atoms with van der Waals surface area (Å²) in [5.41, 5.74) is 2.05. The van der Waals surface area contributed by atoms with Gasteiger partial charge in [-0.1, -0.05) is 91.0 Å². The summed E-state index contributed by atoms with van der Waals surface area (Å²) >= 11 is 0. The third kappa shape index (κ3) is 4.54. The summed E-state index contributed by atoms with van der Waals surface area (Å²) in [6.07, 6.45) is -0.511. The number of alkyl carbamates (subject to hydrolysis) is 1. The molecule has 0 aromatic heterocycles. The molecule has 0 radical (unpaired) electrons. The first-order valence-corrected chi connectivity index (χ1v) is 8.91. The largest absolute Gasteiger partial charge is 0.445 e. The topological polar surface area (TPSA) is 58.6 Å². The van der Waals surface area contributed by atoms with Crippen LogP contribution in [0.5, 0.6) is 0 Å². The fraction of sp³-hybridized carbons (Fsp3) is 0.174. The number of aliphatic hydroxyl groups excluding tert-OH is 1. The molecule has 0 aliphatic carbocycles. The van der Waals surface area contributed by atoms with Crippen molar-refractivity contribution in [3.05, 3.63) is 108 Å². The van der Waals surface area contributed by atoms with E-state index >= 15 is 0 Å². The van der Waals surface area contributed by atoms with Crippen molar-refractivity contribution >= 4 is 6.09 Å². The Kier molecular flexibility index (Phi) is 6.23. The number of amides is 1. The fourth-order valence-corrected chi connectivity index (χ4v) is 3.12. The van der Waals surface area contributed by atoms with E-state index in [1.165, 1.54) is 0 Å². The highest BCUT2D eigenvalue weighted by molar-refractivity contribution is 5.67. The minimum atomic E-state index is -0.742. The number of nitrogens with one attached hydrogen (secondary N) is 1. The number of carbonyl (C=O) groups is 1. The van der Waals surface area contributed by atoms with E-state index in [0.29, 0.717) is 0 Å². The smallest absolute Gasteiger partial charge is 0.407 e. The van der Waals surface area contributed by atoms with E-state index in [1.807, 2.05) is 91.0 Å². The Balaban J connectivity index is 1.75. The number of aliphatic hydroxyl groups is 1. The van der Waals surface area contributed by atoms with Gasteiger partial charge >= 0.3 is 6.09 Å². The zero-order valence-electron chi connectivity index (χ0n) is 15.0. The van der Waals surface area contributed by atoms with Crippen LogP contribution in [0, 0.1) is 0 Å². The molecule has 0 aliphatic heterocycles. The average Bonchev–Trinajstić information content (AvgIpc) is 2.75. The lowest BCUT2D eigenvalue weighted by atomic mass is 9.75. The summed E-state index contributed by atoms with van der Waals surface area (Å²) < 4.78 is 5.31. The number of rotatable bonds is 7. The van der Waals surface area contributed by atoms with Crippen LogP contribution < -0.4 is 5.32 Å². The molecule has 4 heteroatoms. The second kappa shape index (κ2) is 9.01. The van der Waals surface area contributed by atoms with Gasteiger partial charge in [0, 0.05) is 6.54 Å². The predicted molar refractivity (Wildman–Crippen MR) is 105 cm³/mol. The Morgan fingerprint density at radius 3 is 1.78 bits per heavy atom. The van der Waals surface area contributed by atoms with Crippen molar-refractivity contribution in [1.82, 2.24) is 5.32 Å². The van der Waals surface area contributed by atoms with E-state index < -0.39 is 11.5 Å². The van der Waals surface area contributed by atoms with Crippen LogP contribution in [0.15, 0.2) is 91.0 Å². The van der Waals surface area contributed by atoms with Gasteiger partial charge in [0.2, 0.25) is 0 Å². The van der Waals surface area contributed by atoms with E-state index in [0.717, 1.165) is 16.7 Å². The average molecular weight is 361 g/mol. The standard InChI is InChI=1S/C23H23NO3/c25-18-23(20-12-6-2-7-13-20,21-14-8-3-9-15-21)17-24-22(26)27-16-19-10-4-1-5-11-19/h1-15,25H,16-18H2,(H,24,26). The molecule has 0 unspecified atom stereocenters. The van der Waals surface area contributed by atoms with Gasteiger partial charge in [-0.05, 0) is 16.7 Å². The molecule has 0 spiro atoms. The van der Waals surface area contributed by atoms with Crippen molar-refractivity contribution in [3.63, 3.8) is 0 Å². The molecule has 2 N–H and O–H groups in total. The lowest BCUT2D eigenvalue weighted by Gasteiger charge is -2.33. The third-order valence-corrected chi connectivity index (χ3v) is 4.67. The highest BCUT2D eigenvalue weighted by Gasteiger charge is 2.34. The molecule has 0 fully saturated rings. The third-order valence-electron chi connectivity index (χ3n) is 4.67. The lowest BCUT2D eigenvalue weighted by molar-refractivity contribution is 0.134. The highest BCUT2D eigenvalue weighted by atomic mass is 16.5. The maximum absolute atomic E-state index is 12.2. The summed E-state index contributed by atoms with van der Waals surface area (Å²) in [5, 5.41) is 13.1. The number of hydrogen-bond acceptors (Lipinski definition) is 3. The van der Waals surface area contributed by atoms with E-state index in [9.17, 15) is 9.90 Å². The summed E-state index contributed by atoms with van der Waals surface area (Å²) in [6.45, 7) is 0.292. The van der Waals surface area contributed by atoms with Gasteiger partial charge in [0.05, 0.1) is 12.0 Å². The Bertz CT molecular complexity index is 796. The van der Waals surface area contributed by atoms with Gasteiger partial charge in [-0.3, -0.25) is 0 Å². The number of hydrogen-bond donors (Lipinski definition) is 2. The Morgan fingerprint density at radius 2 is 1.30 bits per heavy atom. The SMILES string of the molecule is O=C(NCC(CO)(c1ccccc1)c1ccccc1)OCc1ccccc1. The van der Waals surface area contributed by atoms with Gasteiger partial charge in [0.15, 0.2) is 0 Å².